The topological polar surface area (TPSA) is 3.24 Å². The van der Waals surface area contributed by atoms with Crippen LogP contribution in [0.15, 0.2) is 200 Å². The summed E-state index contributed by atoms with van der Waals surface area (Å²) in [6.45, 7) is 0. The van der Waals surface area contributed by atoms with Gasteiger partial charge in [0.2, 0.25) is 0 Å². The first-order chi connectivity index (χ1) is 25.0. The van der Waals surface area contributed by atoms with Crippen molar-refractivity contribution in [3.05, 3.63) is 200 Å². The van der Waals surface area contributed by atoms with E-state index in [1.54, 1.807) is 0 Å². The van der Waals surface area contributed by atoms with E-state index in [0.717, 1.165) is 50.0 Å². The maximum Gasteiger partial charge on any atom is 0.0651 e. The second-order valence-corrected chi connectivity index (χ2v) is 11.5. The van der Waals surface area contributed by atoms with Crippen LogP contribution in [0.3, 0.4) is 0 Å². The maximum absolute atomic E-state index is 9.58. The fraction of sp³-hybridized carbons (Fsp3) is 0. The lowest BCUT2D eigenvalue weighted by atomic mass is 9.99. The van der Waals surface area contributed by atoms with Crippen molar-refractivity contribution >= 4 is 27.8 Å². The molecule has 8 aromatic carbocycles. The Morgan fingerprint density at radius 3 is 1.28 bits per heavy atom. The number of benzene rings is 8. The Morgan fingerprint density at radius 2 is 0.745 bits per heavy atom. The van der Waals surface area contributed by atoms with Gasteiger partial charge in [0, 0.05) is 17.1 Å². The quantitative estimate of drug-likeness (QED) is 0.175. The van der Waals surface area contributed by atoms with Crippen LogP contribution in [0.1, 0.15) is 5.48 Å². The summed E-state index contributed by atoms with van der Waals surface area (Å²) in [5.74, 6) is 0. The van der Waals surface area contributed by atoms with Crippen LogP contribution in [0.2, 0.25) is 0 Å². The average molecular weight is 604 g/mol. The Hall–Kier alpha value is -6.18. The highest BCUT2D eigenvalue weighted by Crippen LogP contribution is 2.39. The molecule has 0 aliphatic rings. The van der Waals surface area contributed by atoms with Gasteiger partial charge in [-0.05, 0) is 97.7 Å². The number of fused-ring (bicyclic) bond motifs is 1. The van der Waals surface area contributed by atoms with Crippen LogP contribution in [0, 0.1) is 0 Å². The third-order valence-electron chi connectivity index (χ3n) is 8.56. The van der Waals surface area contributed by atoms with Gasteiger partial charge < -0.3 is 4.90 Å². The zero-order valence-corrected chi connectivity index (χ0v) is 25.7. The molecule has 0 heterocycles. The molecule has 0 aromatic heterocycles. The average Bonchev–Trinajstić information content (AvgIpc) is 3.20. The molecule has 0 saturated heterocycles. The molecule has 8 rings (SSSR count). The van der Waals surface area contributed by atoms with Crippen LogP contribution < -0.4 is 4.90 Å². The van der Waals surface area contributed by atoms with E-state index in [2.05, 4.69) is 60.7 Å². The van der Waals surface area contributed by atoms with E-state index in [1.165, 1.54) is 5.56 Å². The Kier molecular flexibility index (Phi) is 6.50. The molecule has 0 spiro atoms. The first kappa shape index (κ1) is 24.1. The van der Waals surface area contributed by atoms with E-state index in [1.807, 2.05) is 120 Å². The SMILES string of the molecule is [2H]c1c([2H])c(-c2ccc3ccccc3c2)c([2H])c(N(c2ccc(-c3ccccc3)cc2)c2ccc(-c3ccc(-c4ccccc4)cc3)cc2)c1[2H]. The summed E-state index contributed by atoms with van der Waals surface area (Å²) in [5.41, 5.74) is 9.32. The smallest absolute Gasteiger partial charge is 0.0651 e. The van der Waals surface area contributed by atoms with E-state index >= 15 is 0 Å². The van der Waals surface area contributed by atoms with E-state index in [4.69, 9.17) is 2.74 Å². The zero-order valence-electron chi connectivity index (χ0n) is 29.7. The van der Waals surface area contributed by atoms with Crippen molar-refractivity contribution in [3.63, 3.8) is 0 Å². The lowest BCUT2D eigenvalue weighted by Crippen LogP contribution is -2.10. The van der Waals surface area contributed by atoms with Crippen LogP contribution in [-0.2, 0) is 0 Å². The second-order valence-electron chi connectivity index (χ2n) is 11.5. The lowest BCUT2D eigenvalue weighted by molar-refractivity contribution is 1.28. The van der Waals surface area contributed by atoms with Gasteiger partial charge >= 0.3 is 0 Å². The van der Waals surface area contributed by atoms with Gasteiger partial charge in [0.1, 0.15) is 0 Å². The highest BCUT2D eigenvalue weighted by Gasteiger charge is 2.15. The Morgan fingerprint density at radius 1 is 0.319 bits per heavy atom. The molecule has 222 valence electrons. The lowest BCUT2D eigenvalue weighted by Gasteiger charge is -2.26. The molecule has 1 heteroatoms. The van der Waals surface area contributed by atoms with Gasteiger partial charge in [0.25, 0.3) is 0 Å². The third-order valence-corrected chi connectivity index (χ3v) is 8.56. The molecule has 0 saturated carbocycles. The molecule has 0 bridgehead atoms. The molecule has 0 amide bonds. The molecule has 0 aliphatic carbocycles. The largest absolute Gasteiger partial charge is 0.310 e. The summed E-state index contributed by atoms with van der Waals surface area (Å²) in [7, 11) is 0. The summed E-state index contributed by atoms with van der Waals surface area (Å²) in [6, 6.07) is 58.5. The van der Waals surface area contributed by atoms with E-state index in [-0.39, 0.29) is 29.9 Å². The van der Waals surface area contributed by atoms with Gasteiger partial charge in [0.15, 0.2) is 0 Å². The minimum Gasteiger partial charge on any atom is -0.310 e. The monoisotopic (exact) mass is 603 g/mol. The van der Waals surface area contributed by atoms with Crippen molar-refractivity contribution in [3.8, 4) is 44.5 Å². The Bertz CT molecular complexity index is 2480. The number of nitrogens with zero attached hydrogens (tertiary/aromatic N) is 1. The summed E-state index contributed by atoms with van der Waals surface area (Å²) in [6.07, 6.45) is 0. The fourth-order valence-electron chi connectivity index (χ4n) is 6.06. The van der Waals surface area contributed by atoms with Crippen molar-refractivity contribution in [2.75, 3.05) is 4.90 Å². The number of hydrogen-bond donors (Lipinski definition) is 0. The van der Waals surface area contributed by atoms with Crippen molar-refractivity contribution < 1.29 is 5.48 Å². The molecule has 0 aliphatic heterocycles. The van der Waals surface area contributed by atoms with Crippen LogP contribution in [0.5, 0.6) is 0 Å². The third kappa shape index (κ3) is 5.95. The standard InChI is InChI=1S/C46H33N/c1-3-10-34(11-4-1)37-18-20-38(21-19-37)40-26-30-45(31-27-40)47(44-28-24-39(25-29-44)35-12-5-2-6-13-35)46-17-9-16-42(33-46)43-23-22-36-14-7-8-15-41(36)32-43/h1-33H/i9D,16D,17D,33D. The summed E-state index contributed by atoms with van der Waals surface area (Å²) >= 11 is 0. The van der Waals surface area contributed by atoms with Crippen LogP contribution in [-0.4, -0.2) is 0 Å². The molecular formula is C46H33N. The molecule has 0 unspecified atom stereocenters. The summed E-state index contributed by atoms with van der Waals surface area (Å²) in [4.78, 5) is 1.88. The van der Waals surface area contributed by atoms with Gasteiger partial charge in [-0.1, -0.05) is 158 Å². The Labute approximate surface area is 282 Å². The van der Waals surface area contributed by atoms with Crippen LogP contribution in [0.4, 0.5) is 17.1 Å². The van der Waals surface area contributed by atoms with Gasteiger partial charge in [-0.15, -0.1) is 0 Å². The second kappa shape index (κ2) is 12.7. The Balaban J connectivity index is 1.25. The van der Waals surface area contributed by atoms with E-state index in [9.17, 15) is 2.74 Å². The molecule has 0 fully saturated rings. The van der Waals surface area contributed by atoms with E-state index < -0.39 is 0 Å². The van der Waals surface area contributed by atoms with Crippen molar-refractivity contribution in [1.82, 2.24) is 0 Å². The highest BCUT2D eigenvalue weighted by molar-refractivity contribution is 5.89. The van der Waals surface area contributed by atoms with E-state index in [0.29, 0.717) is 11.1 Å². The molecular weight excluding hydrogens is 567 g/mol. The van der Waals surface area contributed by atoms with Gasteiger partial charge in [-0.3, -0.25) is 0 Å². The van der Waals surface area contributed by atoms with Crippen molar-refractivity contribution in [2.24, 2.45) is 0 Å². The number of anilines is 3. The predicted octanol–water partition coefficient (Wildman–Crippen LogP) is 13.0. The summed E-state index contributed by atoms with van der Waals surface area (Å²) < 4.78 is 36.6. The molecule has 47 heavy (non-hydrogen) atoms. The molecule has 0 N–H and O–H groups in total. The normalized spacial score (nSPS) is 12.2. The van der Waals surface area contributed by atoms with Crippen molar-refractivity contribution in [2.45, 2.75) is 0 Å². The minimum absolute atomic E-state index is 0.0315. The molecule has 1 nitrogen and oxygen atoms in total. The molecule has 0 radical (unpaired) electrons. The van der Waals surface area contributed by atoms with Crippen LogP contribution in [0.25, 0.3) is 55.3 Å². The highest BCUT2D eigenvalue weighted by atomic mass is 15.1. The van der Waals surface area contributed by atoms with Crippen molar-refractivity contribution in [1.29, 1.82) is 0 Å². The first-order valence-corrected chi connectivity index (χ1v) is 15.8. The number of rotatable bonds is 7. The number of hydrogen-bond acceptors (Lipinski definition) is 1. The van der Waals surface area contributed by atoms with Gasteiger partial charge in [-0.2, -0.15) is 0 Å². The van der Waals surface area contributed by atoms with Crippen LogP contribution >= 0.6 is 0 Å². The minimum atomic E-state index is -0.217. The fourth-order valence-corrected chi connectivity index (χ4v) is 6.06. The zero-order chi connectivity index (χ0) is 34.9. The first-order valence-electron chi connectivity index (χ1n) is 17.8. The maximum atomic E-state index is 9.58. The van der Waals surface area contributed by atoms with Gasteiger partial charge in [0.05, 0.1) is 5.48 Å². The molecule has 8 aromatic rings. The molecule has 0 atom stereocenters. The van der Waals surface area contributed by atoms with Gasteiger partial charge in [-0.25, -0.2) is 0 Å². The predicted molar refractivity (Wildman–Crippen MR) is 200 cm³/mol. The summed E-state index contributed by atoms with van der Waals surface area (Å²) in [5, 5.41) is 2.04.